The van der Waals surface area contributed by atoms with Crippen LogP contribution in [0.15, 0.2) is 11.4 Å². The van der Waals surface area contributed by atoms with Gasteiger partial charge in [-0.2, -0.15) is 0 Å². The minimum absolute atomic E-state index is 0.0353. The molecule has 0 aromatic carbocycles. The molecule has 1 heterocycles. The van der Waals surface area contributed by atoms with Crippen molar-refractivity contribution in [3.05, 3.63) is 21.9 Å². The fraction of sp³-hybridized carbons (Fsp3) is 0.714. The molecule has 1 saturated carbocycles. The van der Waals surface area contributed by atoms with Crippen molar-refractivity contribution in [1.29, 1.82) is 0 Å². The fourth-order valence-corrected chi connectivity index (χ4v) is 4.08. The molecule has 2 aliphatic rings. The van der Waals surface area contributed by atoms with Gasteiger partial charge in [-0.1, -0.05) is 13.8 Å². The monoisotopic (exact) mass is 251 g/mol. The van der Waals surface area contributed by atoms with Gasteiger partial charge < -0.3 is 10.4 Å². The molecule has 0 saturated heterocycles. The first kappa shape index (κ1) is 11.7. The topological polar surface area (TPSA) is 32.3 Å². The predicted molar refractivity (Wildman–Crippen MR) is 71.3 cm³/mol. The smallest absolute Gasteiger partial charge is 0.0621 e. The second kappa shape index (κ2) is 4.08. The quantitative estimate of drug-likeness (QED) is 0.847. The van der Waals surface area contributed by atoms with Crippen molar-refractivity contribution in [1.82, 2.24) is 5.32 Å². The van der Waals surface area contributed by atoms with E-state index >= 15 is 0 Å². The van der Waals surface area contributed by atoms with Gasteiger partial charge in [-0.15, -0.1) is 11.3 Å². The molecule has 2 aliphatic carbocycles. The van der Waals surface area contributed by atoms with Crippen LogP contribution in [-0.4, -0.2) is 17.3 Å². The highest BCUT2D eigenvalue weighted by Crippen LogP contribution is 2.43. The summed E-state index contributed by atoms with van der Waals surface area (Å²) in [5.41, 5.74) is 1.55. The molecule has 17 heavy (non-hydrogen) atoms. The molecule has 2 N–H and O–H groups in total. The van der Waals surface area contributed by atoms with Gasteiger partial charge in [-0.25, -0.2) is 0 Å². The Morgan fingerprint density at radius 2 is 2.29 bits per heavy atom. The molecule has 0 radical (unpaired) electrons. The predicted octanol–water partition coefficient (Wildman–Crippen LogP) is 2.87. The highest BCUT2D eigenvalue weighted by Gasteiger charge is 2.48. The van der Waals surface area contributed by atoms with Crippen LogP contribution in [0.25, 0.3) is 0 Å². The van der Waals surface area contributed by atoms with E-state index in [1.54, 1.807) is 4.88 Å². The second-order valence-corrected chi connectivity index (χ2v) is 7.04. The van der Waals surface area contributed by atoms with Gasteiger partial charge in [0.15, 0.2) is 0 Å². The Hall–Kier alpha value is -0.380. The van der Waals surface area contributed by atoms with Crippen LogP contribution in [0.5, 0.6) is 0 Å². The maximum Gasteiger partial charge on any atom is 0.0621 e. The van der Waals surface area contributed by atoms with Crippen LogP contribution < -0.4 is 5.32 Å². The van der Waals surface area contributed by atoms with Gasteiger partial charge >= 0.3 is 0 Å². The van der Waals surface area contributed by atoms with Crippen molar-refractivity contribution in [2.75, 3.05) is 0 Å². The van der Waals surface area contributed by atoms with Gasteiger partial charge in [-0.05, 0) is 42.7 Å². The molecular weight excluding hydrogens is 230 g/mol. The third kappa shape index (κ3) is 1.85. The Morgan fingerprint density at radius 3 is 3.00 bits per heavy atom. The van der Waals surface area contributed by atoms with E-state index in [0.717, 1.165) is 6.42 Å². The summed E-state index contributed by atoms with van der Waals surface area (Å²) < 4.78 is 0. The zero-order chi connectivity index (χ0) is 12.0. The SMILES string of the molecule is CC1(C)C(O)CC1NC1CCCc2sccc21. The summed E-state index contributed by atoms with van der Waals surface area (Å²) in [7, 11) is 0. The molecule has 3 heteroatoms. The number of nitrogens with one attached hydrogen (secondary N) is 1. The van der Waals surface area contributed by atoms with Gasteiger partial charge in [0.2, 0.25) is 0 Å². The Bertz CT molecular complexity index is 412. The summed E-state index contributed by atoms with van der Waals surface area (Å²) in [6, 6.07) is 3.26. The van der Waals surface area contributed by atoms with Crippen LogP contribution in [0.2, 0.25) is 0 Å². The zero-order valence-corrected chi connectivity index (χ0v) is 11.4. The van der Waals surface area contributed by atoms with Crippen LogP contribution in [0.4, 0.5) is 0 Å². The standard InChI is InChI=1S/C14H21NOS/c1-14(2)12(8-13(14)16)15-10-4-3-5-11-9(10)6-7-17-11/h6-7,10,12-13,15-16H,3-5,8H2,1-2H3. The second-order valence-electron chi connectivity index (χ2n) is 6.04. The first-order valence-corrected chi connectivity index (χ1v) is 7.47. The molecule has 0 amide bonds. The van der Waals surface area contributed by atoms with E-state index in [2.05, 4.69) is 30.6 Å². The van der Waals surface area contributed by atoms with E-state index < -0.39 is 0 Å². The first-order chi connectivity index (χ1) is 8.09. The highest BCUT2D eigenvalue weighted by atomic mass is 32.1. The number of aryl methyl sites for hydroxylation is 1. The Labute approximate surface area is 107 Å². The number of hydrogen-bond acceptors (Lipinski definition) is 3. The lowest BCUT2D eigenvalue weighted by atomic mass is 9.64. The van der Waals surface area contributed by atoms with Crippen molar-refractivity contribution in [2.24, 2.45) is 5.41 Å². The summed E-state index contributed by atoms with van der Waals surface area (Å²) in [6.45, 7) is 4.33. The Balaban J connectivity index is 1.72. The highest BCUT2D eigenvalue weighted by molar-refractivity contribution is 7.10. The van der Waals surface area contributed by atoms with Crippen LogP contribution in [-0.2, 0) is 6.42 Å². The minimum atomic E-state index is -0.134. The van der Waals surface area contributed by atoms with Crippen molar-refractivity contribution >= 4 is 11.3 Å². The molecule has 1 fully saturated rings. The lowest BCUT2D eigenvalue weighted by molar-refractivity contribution is -0.0765. The average Bonchev–Trinajstić information content (AvgIpc) is 2.77. The van der Waals surface area contributed by atoms with E-state index in [-0.39, 0.29) is 11.5 Å². The molecule has 3 rings (SSSR count). The summed E-state index contributed by atoms with van der Waals surface area (Å²) in [5.74, 6) is 0. The summed E-state index contributed by atoms with van der Waals surface area (Å²) in [4.78, 5) is 1.56. The van der Waals surface area contributed by atoms with Crippen molar-refractivity contribution in [3.8, 4) is 0 Å². The minimum Gasteiger partial charge on any atom is -0.392 e. The summed E-state index contributed by atoms with van der Waals surface area (Å²) in [6.07, 6.45) is 4.56. The van der Waals surface area contributed by atoms with Gasteiger partial charge in [0.05, 0.1) is 6.10 Å². The molecule has 0 spiro atoms. The normalized spacial score (nSPS) is 35.1. The molecular formula is C14H21NOS. The zero-order valence-electron chi connectivity index (χ0n) is 10.6. The summed E-state index contributed by atoms with van der Waals surface area (Å²) in [5, 5.41) is 15.8. The number of fused-ring (bicyclic) bond motifs is 1. The molecule has 94 valence electrons. The van der Waals surface area contributed by atoms with E-state index in [9.17, 15) is 5.11 Å². The number of thiophene rings is 1. The molecule has 1 aromatic rings. The molecule has 1 aromatic heterocycles. The summed E-state index contributed by atoms with van der Waals surface area (Å²) >= 11 is 1.89. The molecule has 3 atom stereocenters. The van der Waals surface area contributed by atoms with Crippen molar-refractivity contribution < 1.29 is 5.11 Å². The van der Waals surface area contributed by atoms with Crippen molar-refractivity contribution in [2.45, 2.75) is 57.7 Å². The first-order valence-electron chi connectivity index (χ1n) is 6.59. The van der Waals surface area contributed by atoms with E-state index in [4.69, 9.17) is 0 Å². The Morgan fingerprint density at radius 1 is 1.47 bits per heavy atom. The van der Waals surface area contributed by atoms with Gasteiger partial charge in [0.1, 0.15) is 0 Å². The number of aliphatic hydroxyl groups excluding tert-OH is 1. The van der Waals surface area contributed by atoms with Crippen LogP contribution in [0, 0.1) is 5.41 Å². The Kier molecular flexibility index (Phi) is 2.80. The van der Waals surface area contributed by atoms with E-state index in [1.165, 1.54) is 24.8 Å². The third-order valence-electron chi connectivity index (χ3n) is 4.67. The number of rotatable bonds is 2. The number of aliphatic hydroxyl groups is 1. The van der Waals surface area contributed by atoms with Crippen LogP contribution >= 0.6 is 11.3 Å². The third-order valence-corrected chi connectivity index (χ3v) is 5.67. The number of hydrogen-bond donors (Lipinski definition) is 2. The fourth-order valence-electron chi connectivity index (χ4n) is 3.09. The molecule has 2 nitrogen and oxygen atoms in total. The lowest BCUT2D eigenvalue weighted by Gasteiger charge is -2.51. The molecule has 0 aliphatic heterocycles. The van der Waals surface area contributed by atoms with Gasteiger partial charge in [0.25, 0.3) is 0 Å². The van der Waals surface area contributed by atoms with Crippen molar-refractivity contribution in [3.63, 3.8) is 0 Å². The van der Waals surface area contributed by atoms with E-state index in [1.807, 2.05) is 11.3 Å². The maximum atomic E-state index is 9.79. The van der Waals surface area contributed by atoms with Crippen LogP contribution in [0.1, 0.15) is 49.6 Å². The lowest BCUT2D eigenvalue weighted by Crippen LogP contribution is -2.60. The van der Waals surface area contributed by atoms with E-state index in [0.29, 0.717) is 12.1 Å². The average molecular weight is 251 g/mol. The van der Waals surface area contributed by atoms with Gasteiger partial charge in [0, 0.05) is 22.4 Å². The largest absolute Gasteiger partial charge is 0.392 e. The molecule has 3 unspecified atom stereocenters. The van der Waals surface area contributed by atoms with Crippen LogP contribution in [0.3, 0.4) is 0 Å². The van der Waals surface area contributed by atoms with Gasteiger partial charge in [-0.3, -0.25) is 0 Å². The molecule has 0 bridgehead atoms. The maximum absolute atomic E-state index is 9.79.